The Bertz CT molecular complexity index is 1000. The van der Waals surface area contributed by atoms with Gasteiger partial charge >= 0.3 is 0 Å². The minimum Gasteiger partial charge on any atom is -0.342 e. The number of piperidine rings is 1. The predicted octanol–water partition coefficient (Wildman–Crippen LogP) is 3.34. The van der Waals surface area contributed by atoms with E-state index in [1.807, 2.05) is 17.0 Å². The van der Waals surface area contributed by atoms with E-state index in [1.165, 1.54) is 12.8 Å². The van der Waals surface area contributed by atoms with E-state index in [-0.39, 0.29) is 17.7 Å². The molecule has 0 unspecified atom stereocenters. The van der Waals surface area contributed by atoms with Crippen LogP contribution in [0, 0.1) is 5.92 Å². The van der Waals surface area contributed by atoms with Crippen molar-refractivity contribution in [1.82, 2.24) is 24.8 Å². The first kappa shape index (κ1) is 21.0. The quantitative estimate of drug-likeness (QED) is 0.742. The van der Waals surface area contributed by atoms with Crippen LogP contribution < -0.4 is 0 Å². The van der Waals surface area contributed by atoms with Gasteiger partial charge in [-0.25, -0.2) is 9.97 Å². The van der Waals surface area contributed by atoms with E-state index in [0.717, 1.165) is 67.0 Å². The molecule has 0 N–H and O–H groups in total. The summed E-state index contributed by atoms with van der Waals surface area (Å²) in [6, 6.07) is 3.97. The number of carbonyl (C=O) groups excluding carboxylic acids is 2. The van der Waals surface area contributed by atoms with E-state index in [4.69, 9.17) is 9.97 Å². The number of pyridine rings is 1. The van der Waals surface area contributed by atoms with Crippen LogP contribution in [0.15, 0.2) is 24.5 Å². The first-order chi connectivity index (χ1) is 15.6. The lowest BCUT2D eigenvalue weighted by atomic mass is 9.93. The largest absolute Gasteiger partial charge is 0.342 e. The molecule has 5 rings (SSSR count). The summed E-state index contributed by atoms with van der Waals surface area (Å²) in [5.41, 5.74) is 4.07. The summed E-state index contributed by atoms with van der Waals surface area (Å²) >= 11 is 0. The molecule has 2 aromatic rings. The number of likely N-dealkylation sites (tertiary alicyclic amines) is 1. The van der Waals surface area contributed by atoms with E-state index in [1.54, 1.807) is 19.3 Å². The van der Waals surface area contributed by atoms with E-state index in [2.05, 4.69) is 9.88 Å². The minimum absolute atomic E-state index is 0.0762. The average molecular weight is 434 g/mol. The van der Waals surface area contributed by atoms with Gasteiger partial charge in [-0.05, 0) is 44.2 Å². The molecule has 168 valence electrons. The standard InChI is InChI=1S/C25H31N5O2/c1-17(31)29-14-10-21-22(16-29)27-24(28-23(21)18-8-11-26-12-9-18)20-7-4-13-30(15-20)25(32)19-5-2-3-6-19/h8-9,11-12,19-20H,2-7,10,13-16H2,1H3/t20-/m0/s1. The Morgan fingerprint density at radius 2 is 1.75 bits per heavy atom. The Morgan fingerprint density at radius 3 is 2.50 bits per heavy atom. The topological polar surface area (TPSA) is 79.3 Å². The van der Waals surface area contributed by atoms with Crippen LogP contribution in [0.1, 0.15) is 68.4 Å². The highest BCUT2D eigenvalue weighted by Crippen LogP contribution is 2.34. The van der Waals surface area contributed by atoms with E-state index in [9.17, 15) is 9.59 Å². The second-order valence-corrected chi connectivity index (χ2v) is 9.39. The summed E-state index contributed by atoms with van der Waals surface area (Å²) in [4.78, 5) is 43.2. The zero-order valence-corrected chi connectivity index (χ0v) is 18.8. The van der Waals surface area contributed by atoms with Gasteiger partial charge < -0.3 is 9.80 Å². The van der Waals surface area contributed by atoms with Crippen LogP contribution in [0.25, 0.3) is 11.3 Å². The number of rotatable bonds is 3. The van der Waals surface area contributed by atoms with Crippen LogP contribution in [0.5, 0.6) is 0 Å². The maximum atomic E-state index is 13.1. The fourth-order valence-corrected chi connectivity index (χ4v) is 5.47. The van der Waals surface area contributed by atoms with E-state index < -0.39 is 0 Å². The van der Waals surface area contributed by atoms with Gasteiger partial charge in [-0.2, -0.15) is 0 Å². The van der Waals surface area contributed by atoms with Crippen molar-refractivity contribution in [3.8, 4) is 11.3 Å². The summed E-state index contributed by atoms with van der Waals surface area (Å²) in [5.74, 6) is 1.54. The number of carbonyl (C=O) groups is 2. The fraction of sp³-hybridized carbons (Fsp3) is 0.560. The molecule has 0 spiro atoms. The lowest BCUT2D eigenvalue weighted by molar-refractivity contribution is -0.136. The first-order valence-corrected chi connectivity index (χ1v) is 11.9. The molecule has 1 saturated carbocycles. The molecule has 32 heavy (non-hydrogen) atoms. The third-order valence-corrected chi connectivity index (χ3v) is 7.28. The molecule has 3 aliphatic rings. The number of nitrogens with zero attached hydrogens (tertiary/aromatic N) is 5. The third-order valence-electron chi connectivity index (χ3n) is 7.28. The van der Waals surface area contributed by atoms with Gasteiger partial charge in [0.2, 0.25) is 11.8 Å². The Kier molecular flexibility index (Phi) is 5.89. The summed E-state index contributed by atoms with van der Waals surface area (Å²) < 4.78 is 0. The molecular formula is C25H31N5O2. The maximum Gasteiger partial charge on any atom is 0.225 e. The van der Waals surface area contributed by atoms with E-state index in [0.29, 0.717) is 25.5 Å². The van der Waals surface area contributed by atoms with Gasteiger partial charge in [-0.15, -0.1) is 0 Å². The van der Waals surface area contributed by atoms with Crippen LogP contribution in [0.3, 0.4) is 0 Å². The zero-order valence-electron chi connectivity index (χ0n) is 18.8. The Morgan fingerprint density at radius 1 is 0.969 bits per heavy atom. The predicted molar refractivity (Wildman–Crippen MR) is 121 cm³/mol. The SMILES string of the molecule is CC(=O)N1CCc2c(nc([C@H]3CCCN(C(=O)C4CCCC4)C3)nc2-c2ccncc2)C1. The average Bonchev–Trinajstić information content (AvgIpc) is 3.38. The molecule has 2 aliphatic heterocycles. The normalized spacial score (nSPS) is 21.5. The number of fused-ring (bicyclic) bond motifs is 1. The van der Waals surface area contributed by atoms with Crippen LogP contribution in [-0.4, -0.2) is 56.2 Å². The number of amides is 2. The van der Waals surface area contributed by atoms with E-state index >= 15 is 0 Å². The lowest BCUT2D eigenvalue weighted by Gasteiger charge is -2.35. The second kappa shape index (κ2) is 8.96. The third kappa shape index (κ3) is 4.12. The first-order valence-electron chi connectivity index (χ1n) is 11.9. The van der Waals surface area contributed by atoms with Gasteiger partial charge in [0, 0.05) is 61.9 Å². The van der Waals surface area contributed by atoms with Crippen molar-refractivity contribution in [2.24, 2.45) is 5.92 Å². The molecule has 2 fully saturated rings. The molecule has 1 saturated heterocycles. The summed E-state index contributed by atoms with van der Waals surface area (Å²) in [6.45, 7) is 4.36. The molecular weight excluding hydrogens is 402 g/mol. The lowest BCUT2D eigenvalue weighted by Crippen LogP contribution is -2.42. The summed E-state index contributed by atoms with van der Waals surface area (Å²) in [5, 5.41) is 0. The molecule has 1 aliphatic carbocycles. The van der Waals surface area contributed by atoms with Crippen molar-refractivity contribution in [3.05, 3.63) is 41.6 Å². The number of hydrogen-bond acceptors (Lipinski definition) is 5. The van der Waals surface area contributed by atoms with Gasteiger partial charge in [0.25, 0.3) is 0 Å². The Balaban J connectivity index is 1.47. The van der Waals surface area contributed by atoms with Gasteiger partial charge in [0.05, 0.1) is 17.9 Å². The van der Waals surface area contributed by atoms with Gasteiger partial charge in [0.1, 0.15) is 5.82 Å². The number of aromatic nitrogens is 3. The van der Waals surface area contributed by atoms with Crippen molar-refractivity contribution in [2.75, 3.05) is 19.6 Å². The smallest absolute Gasteiger partial charge is 0.225 e. The van der Waals surface area contributed by atoms with Crippen LogP contribution in [0.2, 0.25) is 0 Å². The zero-order chi connectivity index (χ0) is 22.1. The van der Waals surface area contributed by atoms with Gasteiger partial charge in [-0.3, -0.25) is 14.6 Å². The Labute approximate surface area is 189 Å². The highest BCUT2D eigenvalue weighted by molar-refractivity contribution is 5.79. The number of hydrogen-bond donors (Lipinski definition) is 0. The molecule has 7 nitrogen and oxygen atoms in total. The second-order valence-electron chi connectivity index (χ2n) is 9.39. The van der Waals surface area contributed by atoms with Crippen LogP contribution in [0.4, 0.5) is 0 Å². The molecule has 0 bridgehead atoms. The van der Waals surface area contributed by atoms with Crippen LogP contribution in [-0.2, 0) is 22.6 Å². The molecule has 0 radical (unpaired) electrons. The van der Waals surface area contributed by atoms with Crippen molar-refractivity contribution in [2.45, 2.75) is 64.3 Å². The molecule has 0 aromatic carbocycles. The van der Waals surface area contributed by atoms with Crippen molar-refractivity contribution < 1.29 is 9.59 Å². The van der Waals surface area contributed by atoms with Gasteiger partial charge in [-0.1, -0.05) is 12.8 Å². The highest BCUT2D eigenvalue weighted by Gasteiger charge is 2.33. The highest BCUT2D eigenvalue weighted by atomic mass is 16.2. The van der Waals surface area contributed by atoms with Gasteiger partial charge in [0.15, 0.2) is 0 Å². The maximum absolute atomic E-state index is 13.1. The molecule has 2 amide bonds. The molecule has 2 aromatic heterocycles. The van der Waals surface area contributed by atoms with Crippen molar-refractivity contribution in [1.29, 1.82) is 0 Å². The minimum atomic E-state index is 0.0762. The van der Waals surface area contributed by atoms with Crippen molar-refractivity contribution >= 4 is 11.8 Å². The molecule has 1 atom stereocenters. The van der Waals surface area contributed by atoms with Crippen LogP contribution >= 0.6 is 0 Å². The monoisotopic (exact) mass is 433 g/mol. The Hall–Kier alpha value is -2.83. The van der Waals surface area contributed by atoms with Crippen molar-refractivity contribution in [3.63, 3.8) is 0 Å². The summed E-state index contributed by atoms with van der Waals surface area (Å²) in [6.07, 6.45) is 10.7. The molecule has 7 heteroatoms. The fourth-order valence-electron chi connectivity index (χ4n) is 5.47. The molecule has 4 heterocycles. The summed E-state index contributed by atoms with van der Waals surface area (Å²) in [7, 11) is 0.